The highest BCUT2D eigenvalue weighted by molar-refractivity contribution is 6.14. The third-order valence-electron chi connectivity index (χ3n) is 9.67. The molecule has 1 atom stereocenters. The quantitative estimate of drug-likeness (QED) is 0.129. The van der Waals surface area contributed by atoms with E-state index in [0.29, 0.717) is 6.54 Å². The third-order valence-corrected chi connectivity index (χ3v) is 9.67. The number of benzene rings is 4. The molecule has 0 bridgehead atoms. The number of amidine groups is 1. The van der Waals surface area contributed by atoms with Gasteiger partial charge in [0.15, 0.2) is 5.84 Å². The number of hydrogen-bond acceptors (Lipinski definition) is 1. The fraction of sp³-hybridized carbons (Fsp3) is 0.182. The number of rotatable bonds is 7. The minimum atomic E-state index is -0.544. The first-order chi connectivity index (χ1) is 23.1. The van der Waals surface area contributed by atoms with E-state index < -0.39 is 5.41 Å². The molecule has 3 heteroatoms. The fourth-order valence-electron chi connectivity index (χ4n) is 7.53. The van der Waals surface area contributed by atoms with Crippen LogP contribution in [0.25, 0.3) is 27.5 Å². The average Bonchev–Trinajstić information content (AvgIpc) is 3.23. The highest BCUT2D eigenvalue weighted by atomic mass is 15.0. The average molecular weight is 612 g/mol. The maximum atomic E-state index is 5.58. The van der Waals surface area contributed by atoms with Gasteiger partial charge in [-0.05, 0) is 67.5 Å². The Morgan fingerprint density at radius 2 is 1.57 bits per heavy atom. The second kappa shape index (κ2) is 12.8. The molecule has 1 aliphatic carbocycles. The molecule has 1 unspecified atom stereocenters. The summed E-state index contributed by atoms with van der Waals surface area (Å²) in [6.07, 6.45) is 17.1. The molecule has 0 radical (unpaired) electrons. The predicted molar refractivity (Wildman–Crippen MR) is 202 cm³/mol. The summed E-state index contributed by atoms with van der Waals surface area (Å²) >= 11 is 0. The Bertz CT molecular complexity index is 2200. The van der Waals surface area contributed by atoms with Crippen LogP contribution in [0, 0.1) is 6.92 Å². The molecule has 2 aliphatic rings. The number of aryl methyl sites for hydroxylation is 1. The second-order valence-corrected chi connectivity index (χ2v) is 12.4. The van der Waals surface area contributed by atoms with E-state index in [-0.39, 0.29) is 0 Å². The van der Waals surface area contributed by atoms with Crippen molar-refractivity contribution in [3.8, 4) is 0 Å². The minimum absolute atomic E-state index is 0.509. The molecule has 0 fully saturated rings. The summed E-state index contributed by atoms with van der Waals surface area (Å²) in [6.45, 7) is 9.31. The first-order valence-corrected chi connectivity index (χ1v) is 16.7. The van der Waals surface area contributed by atoms with Crippen molar-refractivity contribution >= 4 is 39.1 Å². The Balaban J connectivity index is 1.55. The lowest BCUT2D eigenvalue weighted by atomic mass is 9.65. The SMILES string of the molecule is C/C=C\C1=C(C)n2c3ccccc3c3cccc(c32)C1(CN=C(N=C(CC)C1=CC=CCC=C1)c1ccccc1)c1ccccc1C. The molecule has 232 valence electrons. The van der Waals surface area contributed by atoms with E-state index in [0.717, 1.165) is 35.5 Å². The van der Waals surface area contributed by atoms with E-state index in [1.165, 1.54) is 49.8 Å². The van der Waals surface area contributed by atoms with Gasteiger partial charge in [-0.15, -0.1) is 0 Å². The first kappa shape index (κ1) is 30.4. The highest BCUT2D eigenvalue weighted by Crippen LogP contribution is 2.51. The minimum Gasteiger partial charge on any atom is -0.313 e. The van der Waals surface area contributed by atoms with Gasteiger partial charge in [0.1, 0.15) is 0 Å². The van der Waals surface area contributed by atoms with Gasteiger partial charge >= 0.3 is 0 Å². The number of allylic oxidation sites excluding steroid dienone is 9. The molecule has 1 aromatic heterocycles. The van der Waals surface area contributed by atoms with E-state index in [1.807, 2.05) is 0 Å². The summed E-state index contributed by atoms with van der Waals surface area (Å²) in [5, 5.41) is 2.54. The molecule has 0 spiro atoms. The van der Waals surface area contributed by atoms with E-state index in [2.05, 4.69) is 172 Å². The first-order valence-electron chi connectivity index (χ1n) is 16.7. The lowest BCUT2D eigenvalue weighted by molar-refractivity contribution is 0.619. The topological polar surface area (TPSA) is 29.6 Å². The van der Waals surface area contributed by atoms with Crippen LogP contribution in [-0.2, 0) is 5.41 Å². The number of nitrogens with zero attached hydrogens (tertiary/aromatic N) is 3. The Morgan fingerprint density at radius 3 is 2.38 bits per heavy atom. The Morgan fingerprint density at radius 1 is 0.830 bits per heavy atom. The van der Waals surface area contributed by atoms with Crippen molar-refractivity contribution < 1.29 is 0 Å². The molecular formula is C44H41N3. The van der Waals surface area contributed by atoms with Gasteiger partial charge in [-0.1, -0.05) is 140 Å². The zero-order valence-corrected chi connectivity index (χ0v) is 27.7. The predicted octanol–water partition coefficient (Wildman–Crippen LogP) is 11.0. The van der Waals surface area contributed by atoms with Crippen molar-refractivity contribution in [2.24, 2.45) is 9.98 Å². The van der Waals surface area contributed by atoms with Gasteiger partial charge in [0.2, 0.25) is 0 Å². The lowest BCUT2D eigenvalue weighted by Crippen LogP contribution is -2.38. The molecule has 0 saturated heterocycles. The molecule has 47 heavy (non-hydrogen) atoms. The van der Waals surface area contributed by atoms with Crippen LogP contribution in [0.3, 0.4) is 0 Å². The smallest absolute Gasteiger partial charge is 0.154 e. The monoisotopic (exact) mass is 611 g/mol. The van der Waals surface area contributed by atoms with Crippen molar-refractivity contribution in [3.05, 3.63) is 173 Å². The normalized spacial score (nSPS) is 18.4. The number of aliphatic imine (C=N–C) groups is 2. The van der Waals surface area contributed by atoms with E-state index in [9.17, 15) is 0 Å². The van der Waals surface area contributed by atoms with Crippen molar-refractivity contribution in [1.29, 1.82) is 0 Å². The zero-order chi connectivity index (χ0) is 32.4. The molecule has 2 heterocycles. The summed E-state index contributed by atoms with van der Waals surface area (Å²) in [5.41, 5.74) is 11.4. The van der Waals surface area contributed by atoms with Gasteiger partial charge in [0.05, 0.1) is 23.0 Å². The number of hydrogen-bond donors (Lipinski definition) is 0. The van der Waals surface area contributed by atoms with Gasteiger partial charge in [0, 0.05) is 27.7 Å². The number of aromatic nitrogens is 1. The van der Waals surface area contributed by atoms with Crippen LogP contribution in [0.1, 0.15) is 55.9 Å². The maximum Gasteiger partial charge on any atom is 0.154 e. The van der Waals surface area contributed by atoms with Crippen LogP contribution in [-0.4, -0.2) is 22.7 Å². The summed E-state index contributed by atoms with van der Waals surface area (Å²) in [4.78, 5) is 10.9. The van der Waals surface area contributed by atoms with Gasteiger partial charge in [-0.25, -0.2) is 4.99 Å². The molecule has 0 saturated carbocycles. The molecule has 4 aromatic carbocycles. The Hall–Kier alpha value is -5.28. The number of fused-ring (bicyclic) bond motifs is 3. The van der Waals surface area contributed by atoms with Crippen LogP contribution >= 0.6 is 0 Å². The largest absolute Gasteiger partial charge is 0.313 e. The maximum absolute atomic E-state index is 5.58. The molecular weight excluding hydrogens is 571 g/mol. The van der Waals surface area contributed by atoms with Crippen molar-refractivity contribution in [1.82, 2.24) is 4.57 Å². The van der Waals surface area contributed by atoms with E-state index >= 15 is 0 Å². The molecule has 0 N–H and O–H groups in total. The van der Waals surface area contributed by atoms with Crippen LogP contribution in [0.5, 0.6) is 0 Å². The molecule has 5 aromatic rings. The summed E-state index contributed by atoms with van der Waals surface area (Å²) in [5.74, 6) is 0.758. The van der Waals surface area contributed by atoms with Crippen LogP contribution < -0.4 is 0 Å². The molecule has 7 rings (SSSR count). The van der Waals surface area contributed by atoms with Crippen LogP contribution in [0.4, 0.5) is 0 Å². The molecule has 3 nitrogen and oxygen atoms in total. The zero-order valence-electron chi connectivity index (χ0n) is 27.7. The Labute approximate surface area is 278 Å². The van der Waals surface area contributed by atoms with E-state index in [1.54, 1.807) is 0 Å². The fourth-order valence-corrected chi connectivity index (χ4v) is 7.53. The van der Waals surface area contributed by atoms with Gasteiger partial charge in [-0.2, -0.15) is 0 Å². The van der Waals surface area contributed by atoms with Gasteiger partial charge in [-0.3, -0.25) is 4.99 Å². The van der Waals surface area contributed by atoms with Crippen molar-refractivity contribution in [2.45, 2.75) is 46.0 Å². The van der Waals surface area contributed by atoms with Crippen molar-refractivity contribution in [3.63, 3.8) is 0 Å². The molecule has 1 aliphatic heterocycles. The third kappa shape index (κ3) is 5.16. The number of para-hydroxylation sites is 2. The highest BCUT2D eigenvalue weighted by Gasteiger charge is 2.44. The van der Waals surface area contributed by atoms with Crippen molar-refractivity contribution in [2.75, 3.05) is 6.54 Å². The Kier molecular flexibility index (Phi) is 8.30. The second-order valence-electron chi connectivity index (χ2n) is 12.4. The van der Waals surface area contributed by atoms with Gasteiger partial charge in [0.25, 0.3) is 0 Å². The summed E-state index contributed by atoms with van der Waals surface area (Å²) in [7, 11) is 0. The van der Waals surface area contributed by atoms with Crippen LogP contribution in [0.2, 0.25) is 0 Å². The molecule has 0 amide bonds. The standard InChI is InChI=1S/C44H41N3/c1-5-19-38-32(4)47-41-29-17-15-25-35(41)36-26-18-28-39(42(36)47)44(38,37-27-16-14-20-31(37)3)30-45-43(34-23-12-9-13-24-34)46-40(6-2)33-21-10-7-8-11-22-33/h5,7,9-29H,6,8,30H2,1-4H3/b19-5-,45-43?,46-40?. The van der Waals surface area contributed by atoms with Crippen LogP contribution in [0.15, 0.2) is 161 Å². The summed E-state index contributed by atoms with van der Waals surface area (Å²) in [6, 6.07) is 34.9. The summed E-state index contributed by atoms with van der Waals surface area (Å²) < 4.78 is 2.47. The van der Waals surface area contributed by atoms with Gasteiger partial charge < -0.3 is 4.57 Å². The lowest BCUT2D eigenvalue weighted by Gasteiger charge is -2.41. The van der Waals surface area contributed by atoms with E-state index in [4.69, 9.17) is 9.98 Å².